The number of fused-ring (bicyclic) bond motifs is 1. The molecule has 2 aromatic carbocycles. The van der Waals surface area contributed by atoms with Gasteiger partial charge in [0.1, 0.15) is 0 Å². The first-order valence-corrected chi connectivity index (χ1v) is 10.0. The lowest BCUT2D eigenvalue weighted by molar-refractivity contribution is -0.271. The molecule has 170 valence electrons. The Hall–Kier alpha value is -3.13. The first-order chi connectivity index (χ1) is 14.9. The van der Waals surface area contributed by atoms with Crippen LogP contribution in [0.2, 0.25) is 0 Å². The molecule has 1 heterocycles. The Bertz CT molecular complexity index is 1210. The molecule has 8 heteroatoms. The van der Waals surface area contributed by atoms with Gasteiger partial charge in [-0.3, -0.25) is 4.79 Å². The molecule has 32 heavy (non-hydrogen) atoms. The van der Waals surface area contributed by atoms with Crippen molar-refractivity contribution in [2.75, 3.05) is 0 Å². The number of alkyl halides is 3. The Morgan fingerprint density at radius 1 is 1.06 bits per heavy atom. The molecule has 0 aliphatic carbocycles. The predicted octanol–water partition coefficient (Wildman–Crippen LogP) is 4.86. The lowest BCUT2D eigenvalue weighted by atomic mass is 9.74. The van der Waals surface area contributed by atoms with Gasteiger partial charge in [-0.15, -0.1) is 0 Å². The first kappa shape index (κ1) is 23.5. The number of rotatable bonds is 6. The summed E-state index contributed by atoms with van der Waals surface area (Å²) in [5, 5.41) is 23.4. The van der Waals surface area contributed by atoms with Crippen LogP contribution in [0.15, 0.2) is 70.7 Å². The molecule has 0 aliphatic rings. The van der Waals surface area contributed by atoms with Gasteiger partial charge in [0.15, 0.2) is 11.0 Å². The zero-order valence-corrected chi connectivity index (χ0v) is 18.0. The molecule has 1 atom stereocenters. The molecule has 1 unspecified atom stereocenters. The topological polar surface area (TPSA) is 74.8 Å². The maximum Gasteiger partial charge on any atom is 0.418 e. The SMILES string of the molecule is C/C(=N\O)c1cccc(C(C)(C)CC(O)(Cn2ccc(=O)c3ccccc32)C(F)(F)F)c1. The largest absolute Gasteiger partial charge is 0.418 e. The van der Waals surface area contributed by atoms with Crippen LogP contribution in [-0.4, -0.2) is 32.4 Å². The van der Waals surface area contributed by atoms with Gasteiger partial charge in [-0.05, 0) is 48.1 Å². The van der Waals surface area contributed by atoms with Crippen molar-refractivity contribution < 1.29 is 23.5 Å². The van der Waals surface area contributed by atoms with Crippen LogP contribution in [0.4, 0.5) is 13.2 Å². The molecule has 3 aromatic rings. The fourth-order valence-corrected chi connectivity index (χ4v) is 3.98. The molecule has 0 amide bonds. The van der Waals surface area contributed by atoms with Crippen LogP contribution in [-0.2, 0) is 12.0 Å². The third-order valence-electron chi connectivity index (χ3n) is 5.79. The molecule has 0 bridgehead atoms. The highest BCUT2D eigenvalue weighted by atomic mass is 19.4. The Kier molecular flexibility index (Phi) is 6.20. The summed E-state index contributed by atoms with van der Waals surface area (Å²) in [7, 11) is 0. The van der Waals surface area contributed by atoms with E-state index >= 15 is 0 Å². The van der Waals surface area contributed by atoms with E-state index in [4.69, 9.17) is 5.21 Å². The maximum absolute atomic E-state index is 14.2. The van der Waals surface area contributed by atoms with Gasteiger partial charge in [0, 0.05) is 17.6 Å². The molecule has 0 spiro atoms. The van der Waals surface area contributed by atoms with E-state index in [1.807, 2.05) is 0 Å². The minimum atomic E-state index is -4.92. The Balaban J connectivity index is 2.04. The number of aliphatic hydroxyl groups is 1. The molecular weight excluding hydrogens is 421 g/mol. The van der Waals surface area contributed by atoms with E-state index in [9.17, 15) is 23.1 Å². The molecule has 3 rings (SSSR count). The average Bonchev–Trinajstić information content (AvgIpc) is 2.74. The van der Waals surface area contributed by atoms with Gasteiger partial charge in [-0.1, -0.05) is 49.3 Å². The van der Waals surface area contributed by atoms with E-state index in [0.717, 1.165) is 0 Å². The van der Waals surface area contributed by atoms with Gasteiger partial charge in [-0.25, -0.2) is 0 Å². The standard InChI is InChI=1S/C24H25F3N2O3/c1-16(28-32)17-7-6-8-18(13-17)22(2,3)14-23(31,24(25,26)27)15-29-12-11-21(30)19-9-4-5-10-20(19)29/h4-13,31-32H,14-15H2,1-3H3/b28-16+. The first-order valence-electron chi connectivity index (χ1n) is 10.0. The predicted molar refractivity (Wildman–Crippen MR) is 117 cm³/mol. The molecule has 0 radical (unpaired) electrons. The van der Waals surface area contributed by atoms with E-state index in [1.54, 1.807) is 69.3 Å². The Morgan fingerprint density at radius 2 is 1.75 bits per heavy atom. The number of para-hydroxylation sites is 1. The third kappa shape index (κ3) is 4.55. The number of benzene rings is 2. The fourth-order valence-electron chi connectivity index (χ4n) is 3.98. The minimum Gasteiger partial charge on any atom is -0.411 e. The van der Waals surface area contributed by atoms with Gasteiger partial charge in [0.25, 0.3) is 0 Å². The second-order valence-corrected chi connectivity index (χ2v) is 8.68. The van der Waals surface area contributed by atoms with E-state index in [1.165, 1.54) is 16.8 Å². The highest BCUT2D eigenvalue weighted by Crippen LogP contribution is 2.42. The van der Waals surface area contributed by atoms with Crippen molar-refractivity contribution in [3.05, 3.63) is 82.1 Å². The van der Waals surface area contributed by atoms with Crippen molar-refractivity contribution in [1.29, 1.82) is 0 Å². The molecule has 1 aromatic heterocycles. The van der Waals surface area contributed by atoms with E-state index in [0.29, 0.717) is 22.4 Å². The number of hydrogen-bond donors (Lipinski definition) is 2. The smallest absolute Gasteiger partial charge is 0.411 e. The van der Waals surface area contributed by atoms with Crippen LogP contribution < -0.4 is 5.43 Å². The quantitative estimate of drug-likeness (QED) is 0.323. The summed E-state index contributed by atoms with van der Waals surface area (Å²) in [6, 6.07) is 14.3. The molecule has 0 saturated heterocycles. The highest BCUT2D eigenvalue weighted by Gasteiger charge is 2.56. The summed E-state index contributed by atoms with van der Waals surface area (Å²) in [5.74, 6) is 0. The second-order valence-electron chi connectivity index (χ2n) is 8.68. The van der Waals surface area contributed by atoms with Crippen LogP contribution in [0.3, 0.4) is 0 Å². The number of halogens is 3. The van der Waals surface area contributed by atoms with Crippen molar-refractivity contribution in [3.8, 4) is 0 Å². The average molecular weight is 446 g/mol. The van der Waals surface area contributed by atoms with E-state index in [-0.39, 0.29) is 10.8 Å². The number of pyridine rings is 1. The third-order valence-corrected chi connectivity index (χ3v) is 5.79. The summed E-state index contributed by atoms with van der Waals surface area (Å²) in [5.41, 5.74) is -2.67. The van der Waals surface area contributed by atoms with Crippen molar-refractivity contribution >= 4 is 16.6 Å². The van der Waals surface area contributed by atoms with E-state index < -0.39 is 30.2 Å². The van der Waals surface area contributed by atoms with Gasteiger partial charge < -0.3 is 14.9 Å². The molecular formula is C24H25F3N2O3. The van der Waals surface area contributed by atoms with Crippen molar-refractivity contribution in [2.24, 2.45) is 5.16 Å². The lowest BCUT2D eigenvalue weighted by Crippen LogP contribution is -2.52. The zero-order chi connectivity index (χ0) is 23.7. The number of oxime groups is 1. The van der Waals surface area contributed by atoms with Crippen molar-refractivity contribution in [2.45, 2.75) is 50.9 Å². The van der Waals surface area contributed by atoms with Crippen LogP contribution in [0.25, 0.3) is 10.9 Å². The Morgan fingerprint density at radius 3 is 2.41 bits per heavy atom. The summed E-state index contributed by atoms with van der Waals surface area (Å²) in [6.45, 7) is 4.06. The summed E-state index contributed by atoms with van der Waals surface area (Å²) < 4.78 is 43.9. The Labute approximate surface area is 183 Å². The maximum atomic E-state index is 14.2. The van der Waals surface area contributed by atoms with Crippen LogP contribution in [0.1, 0.15) is 38.3 Å². The lowest BCUT2D eigenvalue weighted by Gasteiger charge is -2.38. The monoisotopic (exact) mass is 446 g/mol. The fraction of sp³-hybridized carbons (Fsp3) is 0.333. The number of aromatic nitrogens is 1. The zero-order valence-electron chi connectivity index (χ0n) is 18.0. The van der Waals surface area contributed by atoms with Gasteiger partial charge >= 0.3 is 6.18 Å². The minimum absolute atomic E-state index is 0.283. The number of nitrogens with zero attached hydrogens (tertiary/aromatic N) is 2. The van der Waals surface area contributed by atoms with Gasteiger partial charge in [-0.2, -0.15) is 13.2 Å². The molecule has 2 N–H and O–H groups in total. The van der Waals surface area contributed by atoms with E-state index in [2.05, 4.69) is 5.16 Å². The normalized spacial score (nSPS) is 15.0. The summed E-state index contributed by atoms with van der Waals surface area (Å²) >= 11 is 0. The van der Waals surface area contributed by atoms with Gasteiger partial charge in [0.05, 0.1) is 17.8 Å². The molecule has 0 saturated carbocycles. The highest BCUT2D eigenvalue weighted by molar-refractivity contribution is 5.98. The van der Waals surface area contributed by atoms with Gasteiger partial charge in [0.2, 0.25) is 0 Å². The molecule has 0 aliphatic heterocycles. The molecule has 5 nitrogen and oxygen atoms in total. The van der Waals surface area contributed by atoms with Crippen LogP contribution in [0.5, 0.6) is 0 Å². The van der Waals surface area contributed by atoms with Crippen molar-refractivity contribution in [1.82, 2.24) is 4.57 Å². The van der Waals surface area contributed by atoms with Crippen molar-refractivity contribution in [3.63, 3.8) is 0 Å². The number of hydrogen-bond acceptors (Lipinski definition) is 4. The summed E-state index contributed by atoms with van der Waals surface area (Å²) in [4.78, 5) is 12.1. The second kappa shape index (κ2) is 8.43. The van der Waals surface area contributed by atoms with Crippen LogP contribution >= 0.6 is 0 Å². The molecule has 0 fully saturated rings. The van der Waals surface area contributed by atoms with Crippen LogP contribution in [0, 0.1) is 0 Å². The summed E-state index contributed by atoms with van der Waals surface area (Å²) in [6.07, 6.45) is -4.27.